The van der Waals surface area contributed by atoms with Gasteiger partial charge in [-0.3, -0.25) is 0 Å². The molecule has 0 aliphatic heterocycles. The molecule has 0 saturated heterocycles. The van der Waals surface area contributed by atoms with E-state index >= 15 is 0 Å². The van der Waals surface area contributed by atoms with E-state index in [4.69, 9.17) is 0 Å². The summed E-state index contributed by atoms with van der Waals surface area (Å²) >= 11 is 0. The summed E-state index contributed by atoms with van der Waals surface area (Å²) in [4.78, 5) is 0. The van der Waals surface area contributed by atoms with Crippen LogP contribution in [0, 0.1) is 5.92 Å². The fraction of sp³-hybridized carbons (Fsp3) is 0.294. The second kappa shape index (κ2) is 4.03. The van der Waals surface area contributed by atoms with Crippen LogP contribution in [0.25, 0.3) is 6.08 Å². The molecule has 0 spiro atoms. The first-order chi connectivity index (χ1) is 8.27. The highest BCUT2D eigenvalue weighted by atomic mass is 14.3. The summed E-state index contributed by atoms with van der Waals surface area (Å²) in [5.74, 6) is 1.24. The maximum absolute atomic E-state index is 2.39. The molecule has 1 unspecified atom stereocenters. The Labute approximate surface area is 103 Å². The Bertz CT molecular complexity index is 527. The standard InChI is InChI=1S/C17H18/c1-12(2)17-15-10-6-5-9-14(15)11-16(17)13-7-3-4-8-13/h3-7,9-12,17H,8H2,1-2H3. The van der Waals surface area contributed by atoms with Crippen LogP contribution in [0.5, 0.6) is 0 Å². The molecule has 0 heteroatoms. The Kier molecular flexibility index (Phi) is 2.51. The molecule has 1 aromatic carbocycles. The van der Waals surface area contributed by atoms with Crippen LogP contribution in [-0.2, 0) is 0 Å². The van der Waals surface area contributed by atoms with E-state index < -0.39 is 0 Å². The molecular weight excluding hydrogens is 204 g/mol. The average molecular weight is 222 g/mol. The van der Waals surface area contributed by atoms with E-state index in [1.165, 1.54) is 22.3 Å². The zero-order valence-electron chi connectivity index (χ0n) is 10.5. The number of fused-ring (bicyclic) bond motifs is 1. The summed E-state index contributed by atoms with van der Waals surface area (Å²) in [6.07, 6.45) is 10.2. The van der Waals surface area contributed by atoms with Gasteiger partial charge >= 0.3 is 0 Å². The molecule has 3 rings (SSSR count). The van der Waals surface area contributed by atoms with Crippen molar-refractivity contribution in [2.75, 3.05) is 0 Å². The van der Waals surface area contributed by atoms with Crippen molar-refractivity contribution < 1.29 is 0 Å². The van der Waals surface area contributed by atoms with Gasteiger partial charge in [0.25, 0.3) is 0 Å². The number of allylic oxidation sites excluding steroid dienone is 5. The minimum Gasteiger partial charge on any atom is -0.0801 e. The van der Waals surface area contributed by atoms with E-state index in [2.05, 4.69) is 62.4 Å². The molecule has 17 heavy (non-hydrogen) atoms. The van der Waals surface area contributed by atoms with Crippen LogP contribution in [0.2, 0.25) is 0 Å². The van der Waals surface area contributed by atoms with Crippen molar-refractivity contribution in [1.82, 2.24) is 0 Å². The van der Waals surface area contributed by atoms with Crippen LogP contribution in [-0.4, -0.2) is 0 Å². The number of rotatable bonds is 2. The van der Waals surface area contributed by atoms with Gasteiger partial charge in [0.15, 0.2) is 0 Å². The molecule has 0 heterocycles. The number of hydrogen-bond donors (Lipinski definition) is 0. The minimum absolute atomic E-state index is 0.581. The normalized spacial score (nSPS) is 21.7. The third-order valence-electron chi connectivity index (χ3n) is 3.79. The molecule has 0 N–H and O–H groups in total. The molecule has 0 amide bonds. The third kappa shape index (κ3) is 1.68. The maximum Gasteiger partial charge on any atom is 0.0121 e. The molecule has 0 aromatic heterocycles. The van der Waals surface area contributed by atoms with Crippen molar-refractivity contribution in [3.63, 3.8) is 0 Å². The molecule has 0 fully saturated rings. The average Bonchev–Trinajstić information content (AvgIpc) is 2.95. The summed E-state index contributed by atoms with van der Waals surface area (Å²) in [7, 11) is 0. The lowest BCUT2D eigenvalue weighted by atomic mass is 9.82. The zero-order valence-corrected chi connectivity index (χ0v) is 10.5. The van der Waals surface area contributed by atoms with Gasteiger partial charge in [-0.2, -0.15) is 0 Å². The minimum atomic E-state index is 0.581. The van der Waals surface area contributed by atoms with E-state index in [-0.39, 0.29) is 0 Å². The van der Waals surface area contributed by atoms with Crippen molar-refractivity contribution in [2.24, 2.45) is 5.92 Å². The largest absolute Gasteiger partial charge is 0.0801 e. The first-order valence-corrected chi connectivity index (χ1v) is 6.44. The highest BCUT2D eigenvalue weighted by molar-refractivity contribution is 5.72. The fourth-order valence-electron chi connectivity index (χ4n) is 3.02. The van der Waals surface area contributed by atoms with Crippen molar-refractivity contribution in [3.05, 3.63) is 64.8 Å². The zero-order chi connectivity index (χ0) is 11.8. The summed E-state index contributed by atoms with van der Waals surface area (Å²) in [6.45, 7) is 4.65. The van der Waals surface area contributed by atoms with Crippen LogP contribution < -0.4 is 0 Å². The van der Waals surface area contributed by atoms with E-state index in [0.29, 0.717) is 11.8 Å². The molecule has 0 nitrogen and oxygen atoms in total. The predicted molar refractivity (Wildman–Crippen MR) is 73.8 cm³/mol. The first kappa shape index (κ1) is 10.6. The fourth-order valence-corrected chi connectivity index (χ4v) is 3.02. The van der Waals surface area contributed by atoms with E-state index in [1.54, 1.807) is 0 Å². The Morgan fingerprint density at radius 2 is 2.00 bits per heavy atom. The van der Waals surface area contributed by atoms with Crippen molar-refractivity contribution in [1.29, 1.82) is 0 Å². The molecule has 0 saturated carbocycles. The van der Waals surface area contributed by atoms with Crippen molar-refractivity contribution in [3.8, 4) is 0 Å². The van der Waals surface area contributed by atoms with Gasteiger partial charge in [0, 0.05) is 5.92 Å². The van der Waals surface area contributed by atoms with Crippen LogP contribution >= 0.6 is 0 Å². The predicted octanol–water partition coefficient (Wildman–Crippen LogP) is 4.71. The van der Waals surface area contributed by atoms with Crippen LogP contribution in [0.15, 0.2) is 53.6 Å². The molecular formula is C17H18. The lowest BCUT2D eigenvalue weighted by Crippen LogP contribution is -2.08. The second-order valence-corrected chi connectivity index (χ2v) is 5.27. The van der Waals surface area contributed by atoms with E-state index in [1.807, 2.05) is 0 Å². The third-order valence-corrected chi connectivity index (χ3v) is 3.79. The van der Waals surface area contributed by atoms with Crippen molar-refractivity contribution >= 4 is 6.08 Å². The number of hydrogen-bond acceptors (Lipinski definition) is 0. The smallest absolute Gasteiger partial charge is 0.0121 e. The van der Waals surface area contributed by atoms with Crippen LogP contribution in [0.4, 0.5) is 0 Å². The quantitative estimate of drug-likeness (QED) is 0.679. The summed E-state index contributed by atoms with van der Waals surface area (Å²) < 4.78 is 0. The Hall–Kier alpha value is -1.56. The van der Waals surface area contributed by atoms with Gasteiger partial charge in [0.2, 0.25) is 0 Å². The molecule has 2 aliphatic rings. The van der Waals surface area contributed by atoms with Crippen LogP contribution in [0.1, 0.15) is 37.3 Å². The molecule has 2 aliphatic carbocycles. The Balaban J connectivity index is 2.06. The van der Waals surface area contributed by atoms with Gasteiger partial charge in [-0.25, -0.2) is 0 Å². The molecule has 0 radical (unpaired) electrons. The molecule has 1 atom stereocenters. The highest BCUT2D eigenvalue weighted by Gasteiger charge is 2.29. The second-order valence-electron chi connectivity index (χ2n) is 5.27. The molecule has 1 aromatic rings. The summed E-state index contributed by atoms with van der Waals surface area (Å²) in [6, 6.07) is 8.82. The first-order valence-electron chi connectivity index (χ1n) is 6.44. The molecule has 0 bridgehead atoms. The Morgan fingerprint density at radius 3 is 2.71 bits per heavy atom. The van der Waals surface area contributed by atoms with Gasteiger partial charge in [0.05, 0.1) is 0 Å². The van der Waals surface area contributed by atoms with Crippen LogP contribution in [0.3, 0.4) is 0 Å². The van der Waals surface area contributed by atoms with Crippen molar-refractivity contribution in [2.45, 2.75) is 26.2 Å². The summed E-state index contributed by atoms with van der Waals surface area (Å²) in [5, 5.41) is 0. The summed E-state index contributed by atoms with van der Waals surface area (Å²) in [5.41, 5.74) is 5.95. The topological polar surface area (TPSA) is 0 Å². The SMILES string of the molecule is CC(C)C1C(C2=CC=CC2)=Cc2ccccc21. The number of benzene rings is 1. The molecule has 86 valence electrons. The maximum atomic E-state index is 2.39. The van der Waals surface area contributed by atoms with E-state index in [9.17, 15) is 0 Å². The van der Waals surface area contributed by atoms with Gasteiger partial charge in [0.1, 0.15) is 0 Å². The lowest BCUT2D eigenvalue weighted by molar-refractivity contribution is 0.566. The van der Waals surface area contributed by atoms with Gasteiger partial charge in [-0.15, -0.1) is 0 Å². The highest BCUT2D eigenvalue weighted by Crippen LogP contribution is 2.45. The van der Waals surface area contributed by atoms with Gasteiger partial charge in [-0.1, -0.05) is 62.4 Å². The monoisotopic (exact) mass is 222 g/mol. The lowest BCUT2D eigenvalue weighted by Gasteiger charge is -2.21. The Morgan fingerprint density at radius 1 is 1.18 bits per heavy atom. The van der Waals surface area contributed by atoms with Gasteiger partial charge < -0.3 is 0 Å². The van der Waals surface area contributed by atoms with Gasteiger partial charge in [-0.05, 0) is 34.6 Å². The van der Waals surface area contributed by atoms with E-state index in [0.717, 1.165) is 6.42 Å².